The van der Waals surface area contributed by atoms with Gasteiger partial charge in [0.05, 0.1) is 5.69 Å². The molecule has 2 aromatic heterocycles. The molecule has 1 N–H and O–H groups in total. The van der Waals surface area contributed by atoms with Gasteiger partial charge in [-0.1, -0.05) is 0 Å². The van der Waals surface area contributed by atoms with Crippen LogP contribution in [-0.2, 0) is 0 Å². The lowest BCUT2D eigenvalue weighted by molar-refractivity contribution is 0.973. The molecule has 0 unspecified atom stereocenters. The van der Waals surface area contributed by atoms with E-state index in [1.165, 1.54) is 0 Å². The van der Waals surface area contributed by atoms with Gasteiger partial charge in [-0.15, -0.1) is 0 Å². The number of H-pyrrole nitrogens is 1. The number of rotatable bonds is 1. The van der Waals surface area contributed by atoms with Crippen LogP contribution in [0.5, 0.6) is 0 Å². The molecule has 16 heavy (non-hydrogen) atoms. The SMILES string of the molecule is Cc1cc(-c2cc(C)c(=O)[nH]n2)cnc1C. The molecule has 0 amide bonds. The highest BCUT2D eigenvalue weighted by molar-refractivity contribution is 5.59. The Morgan fingerprint density at radius 1 is 1.12 bits per heavy atom. The van der Waals surface area contributed by atoms with Crippen molar-refractivity contribution in [2.75, 3.05) is 0 Å². The van der Waals surface area contributed by atoms with Crippen LogP contribution >= 0.6 is 0 Å². The Bertz CT molecular complexity index is 587. The number of nitrogens with zero attached hydrogens (tertiary/aromatic N) is 2. The Balaban J connectivity index is 2.54. The van der Waals surface area contributed by atoms with Gasteiger partial charge in [0.2, 0.25) is 0 Å². The summed E-state index contributed by atoms with van der Waals surface area (Å²) in [6.07, 6.45) is 1.77. The van der Waals surface area contributed by atoms with E-state index in [1.54, 1.807) is 19.2 Å². The molecule has 0 saturated heterocycles. The van der Waals surface area contributed by atoms with Crippen molar-refractivity contribution >= 4 is 0 Å². The Labute approximate surface area is 93.4 Å². The van der Waals surface area contributed by atoms with E-state index < -0.39 is 0 Å². The predicted octanol–water partition coefficient (Wildman–Crippen LogP) is 1.76. The maximum atomic E-state index is 11.2. The van der Waals surface area contributed by atoms with E-state index in [4.69, 9.17) is 0 Å². The molecule has 0 fully saturated rings. The molecule has 2 heterocycles. The maximum Gasteiger partial charge on any atom is 0.267 e. The molecule has 4 heteroatoms. The summed E-state index contributed by atoms with van der Waals surface area (Å²) in [6.45, 7) is 5.73. The molecular formula is C12H13N3O. The molecule has 82 valence electrons. The van der Waals surface area contributed by atoms with Crippen LogP contribution < -0.4 is 5.56 Å². The lowest BCUT2D eigenvalue weighted by Crippen LogP contribution is -2.11. The number of nitrogens with one attached hydrogen (secondary N) is 1. The molecule has 0 bridgehead atoms. The average molecular weight is 215 g/mol. The van der Waals surface area contributed by atoms with Gasteiger partial charge in [-0.2, -0.15) is 5.10 Å². The zero-order valence-electron chi connectivity index (χ0n) is 9.53. The van der Waals surface area contributed by atoms with E-state index in [0.717, 1.165) is 22.5 Å². The molecule has 2 rings (SSSR count). The van der Waals surface area contributed by atoms with Crippen LogP contribution in [-0.4, -0.2) is 15.2 Å². The van der Waals surface area contributed by atoms with E-state index in [0.29, 0.717) is 5.56 Å². The van der Waals surface area contributed by atoms with Crippen LogP contribution in [0.2, 0.25) is 0 Å². The molecule has 0 aliphatic heterocycles. The van der Waals surface area contributed by atoms with Crippen molar-refractivity contribution in [2.24, 2.45) is 0 Å². The molecule has 0 aliphatic rings. The fraction of sp³-hybridized carbons (Fsp3) is 0.250. The van der Waals surface area contributed by atoms with Gasteiger partial charge in [0, 0.05) is 23.0 Å². The van der Waals surface area contributed by atoms with Gasteiger partial charge in [0.15, 0.2) is 0 Å². The van der Waals surface area contributed by atoms with Crippen molar-refractivity contribution in [3.05, 3.63) is 45.5 Å². The highest BCUT2D eigenvalue weighted by Crippen LogP contribution is 2.17. The quantitative estimate of drug-likeness (QED) is 0.788. The van der Waals surface area contributed by atoms with Crippen molar-refractivity contribution in [3.63, 3.8) is 0 Å². The zero-order valence-corrected chi connectivity index (χ0v) is 9.53. The Kier molecular flexibility index (Phi) is 2.56. The predicted molar refractivity (Wildman–Crippen MR) is 62.3 cm³/mol. The van der Waals surface area contributed by atoms with Crippen LogP contribution in [0.1, 0.15) is 16.8 Å². The molecule has 2 aromatic rings. The highest BCUT2D eigenvalue weighted by atomic mass is 16.1. The minimum absolute atomic E-state index is 0.152. The van der Waals surface area contributed by atoms with Crippen LogP contribution in [0, 0.1) is 20.8 Å². The summed E-state index contributed by atoms with van der Waals surface area (Å²) in [5, 5.41) is 6.47. The first-order chi connectivity index (χ1) is 7.58. The normalized spacial score (nSPS) is 10.4. The van der Waals surface area contributed by atoms with Crippen LogP contribution in [0.4, 0.5) is 0 Å². The molecule has 0 aliphatic carbocycles. The summed E-state index contributed by atoms with van der Waals surface area (Å²) < 4.78 is 0. The largest absolute Gasteiger partial charge is 0.268 e. The second-order valence-corrected chi connectivity index (χ2v) is 3.89. The summed E-state index contributed by atoms with van der Waals surface area (Å²) in [5.41, 5.74) is 4.28. The van der Waals surface area contributed by atoms with Gasteiger partial charge in [0.25, 0.3) is 5.56 Å². The summed E-state index contributed by atoms with van der Waals surface area (Å²) >= 11 is 0. The zero-order chi connectivity index (χ0) is 11.7. The third kappa shape index (κ3) is 1.86. The van der Waals surface area contributed by atoms with Crippen LogP contribution in [0.3, 0.4) is 0 Å². The van der Waals surface area contributed by atoms with Crippen molar-refractivity contribution in [2.45, 2.75) is 20.8 Å². The lowest BCUT2D eigenvalue weighted by atomic mass is 10.1. The number of pyridine rings is 1. The first-order valence-electron chi connectivity index (χ1n) is 5.08. The molecule has 0 atom stereocenters. The van der Waals surface area contributed by atoms with E-state index >= 15 is 0 Å². The lowest BCUT2D eigenvalue weighted by Gasteiger charge is -2.04. The van der Waals surface area contributed by atoms with E-state index in [2.05, 4.69) is 15.2 Å². The van der Waals surface area contributed by atoms with Gasteiger partial charge < -0.3 is 0 Å². The van der Waals surface area contributed by atoms with Crippen molar-refractivity contribution < 1.29 is 0 Å². The van der Waals surface area contributed by atoms with Crippen molar-refractivity contribution in [3.8, 4) is 11.3 Å². The maximum absolute atomic E-state index is 11.2. The van der Waals surface area contributed by atoms with Gasteiger partial charge in [-0.3, -0.25) is 9.78 Å². The first kappa shape index (κ1) is 10.5. The number of aromatic amines is 1. The van der Waals surface area contributed by atoms with Crippen LogP contribution in [0.15, 0.2) is 23.1 Å². The van der Waals surface area contributed by atoms with Crippen molar-refractivity contribution in [1.82, 2.24) is 15.2 Å². The van der Waals surface area contributed by atoms with E-state index in [-0.39, 0.29) is 5.56 Å². The molecule has 0 spiro atoms. The second kappa shape index (κ2) is 3.89. The Morgan fingerprint density at radius 3 is 2.50 bits per heavy atom. The van der Waals surface area contributed by atoms with E-state index in [1.807, 2.05) is 19.9 Å². The number of aryl methyl sites for hydroxylation is 3. The standard InChI is InChI=1S/C12H13N3O/c1-7-4-10(6-13-9(7)3)11-5-8(2)12(16)15-14-11/h4-6H,1-3H3,(H,15,16). The minimum Gasteiger partial charge on any atom is -0.268 e. The summed E-state index contributed by atoms with van der Waals surface area (Å²) in [7, 11) is 0. The van der Waals surface area contributed by atoms with Crippen LogP contribution in [0.25, 0.3) is 11.3 Å². The van der Waals surface area contributed by atoms with Crippen molar-refractivity contribution in [1.29, 1.82) is 0 Å². The number of aromatic nitrogens is 3. The topological polar surface area (TPSA) is 58.6 Å². The molecule has 0 aromatic carbocycles. The van der Waals surface area contributed by atoms with Gasteiger partial charge in [-0.25, -0.2) is 5.10 Å². The van der Waals surface area contributed by atoms with E-state index in [9.17, 15) is 4.79 Å². The first-order valence-corrected chi connectivity index (χ1v) is 5.08. The minimum atomic E-state index is -0.152. The molecule has 4 nitrogen and oxygen atoms in total. The summed E-state index contributed by atoms with van der Waals surface area (Å²) in [4.78, 5) is 15.5. The number of hydrogen-bond acceptors (Lipinski definition) is 3. The molecule has 0 radical (unpaired) electrons. The van der Waals surface area contributed by atoms with Gasteiger partial charge in [0.1, 0.15) is 0 Å². The Hall–Kier alpha value is -1.97. The highest BCUT2D eigenvalue weighted by Gasteiger charge is 2.04. The third-order valence-corrected chi connectivity index (χ3v) is 2.63. The fourth-order valence-corrected chi connectivity index (χ4v) is 1.43. The molecular weight excluding hydrogens is 202 g/mol. The monoisotopic (exact) mass is 215 g/mol. The number of hydrogen-bond donors (Lipinski definition) is 1. The average Bonchev–Trinajstić information content (AvgIpc) is 2.26. The summed E-state index contributed by atoms with van der Waals surface area (Å²) in [6, 6.07) is 3.78. The smallest absolute Gasteiger partial charge is 0.267 e. The van der Waals surface area contributed by atoms with Gasteiger partial charge >= 0.3 is 0 Å². The molecule has 0 saturated carbocycles. The summed E-state index contributed by atoms with van der Waals surface area (Å²) in [5.74, 6) is 0. The van der Waals surface area contributed by atoms with Gasteiger partial charge in [-0.05, 0) is 38.5 Å². The fourth-order valence-electron chi connectivity index (χ4n) is 1.43. The second-order valence-electron chi connectivity index (χ2n) is 3.89. The third-order valence-electron chi connectivity index (χ3n) is 2.63. The Morgan fingerprint density at radius 2 is 1.88 bits per heavy atom.